The summed E-state index contributed by atoms with van der Waals surface area (Å²) in [6, 6.07) is 8.61. The molecule has 2 aromatic carbocycles. The normalized spacial score (nSPS) is 13.3. The van der Waals surface area contributed by atoms with Gasteiger partial charge >= 0.3 is 0 Å². The zero-order valence-electron chi connectivity index (χ0n) is 17.8. The average Bonchev–Trinajstić information content (AvgIpc) is 2.71. The second-order valence-electron chi connectivity index (χ2n) is 7.22. The van der Waals surface area contributed by atoms with Crippen molar-refractivity contribution in [2.24, 2.45) is 0 Å². The van der Waals surface area contributed by atoms with Gasteiger partial charge in [0.25, 0.3) is 5.91 Å². The lowest BCUT2D eigenvalue weighted by Gasteiger charge is -2.21. The number of sulfonamides is 1. The second kappa shape index (κ2) is 8.49. The third-order valence-corrected chi connectivity index (χ3v) is 6.76. The molecule has 1 aliphatic rings. The Bertz CT molecular complexity index is 1120. The number of hydrogen-bond acceptors (Lipinski definition) is 5. The van der Waals surface area contributed by atoms with Gasteiger partial charge in [0.2, 0.25) is 10.0 Å². The van der Waals surface area contributed by atoms with E-state index in [0.717, 1.165) is 21.0 Å². The Labute approximate surface area is 177 Å². The molecule has 0 radical (unpaired) electrons. The van der Waals surface area contributed by atoms with Gasteiger partial charge in [0.15, 0.2) is 11.5 Å². The summed E-state index contributed by atoms with van der Waals surface area (Å²) in [5.74, 6) is 0.908. The summed E-state index contributed by atoms with van der Waals surface area (Å²) in [6.07, 6.45) is 1.76. The quantitative estimate of drug-likeness (QED) is 0.760. The number of anilines is 1. The van der Waals surface area contributed by atoms with Crippen LogP contribution in [0.3, 0.4) is 0 Å². The number of ether oxygens (including phenoxy) is 2. The first kappa shape index (κ1) is 21.9. The zero-order valence-corrected chi connectivity index (χ0v) is 18.6. The predicted molar refractivity (Wildman–Crippen MR) is 117 cm³/mol. The molecule has 0 bridgehead atoms. The average molecular weight is 431 g/mol. The first-order chi connectivity index (χ1) is 14.1. The molecule has 3 rings (SSSR count). The minimum atomic E-state index is -3.62. The first-order valence-corrected chi connectivity index (χ1v) is 11.0. The van der Waals surface area contributed by atoms with Gasteiger partial charge in [-0.05, 0) is 56.2 Å². The molecule has 0 unspecified atom stereocenters. The van der Waals surface area contributed by atoms with Crippen molar-refractivity contribution in [1.82, 2.24) is 4.31 Å². The second-order valence-corrected chi connectivity index (χ2v) is 9.37. The van der Waals surface area contributed by atoms with Gasteiger partial charge in [0.05, 0.1) is 17.1 Å². The highest BCUT2D eigenvalue weighted by molar-refractivity contribution is 7.89. The van der Waals surface area contributed by atoms with Crippen molar-refractivity contribution in [1.29, 1.82) is 0 Å². The van der Waals surface area contributed by atoms with Crippen molar-refractivity contribution in [2.75, 3.05) is 32.6 Å². The van der Waals surface area contributed by atoms with Crippen molar-refractivity contribution in [3.05, 3.63) is 52.6 Å². The molecule has 0 atom stereocenters. The van der Waals surface area contributed by atoms with E-state index in [1.54, 1.807) is 12.1 Å². The summed E-state index contributed by atoms with van der Waals surface area (Å²) in [4.78, 5) is 13.0. The van der Waals surface area contributed by atoms with Crippen molar-refractivity contribution in [3.8, 4) is 11.5 Å². The van der Waals surface area contributed by atoms with Crippen LogP contribution in [0.25, 0.3) is 6.08 Å². The van der Waals surface area contributed by atoms with E-state index in [-0.39, 0.29) is 17.4 Å². The highest BCUT2D eigenvalue weighted by Crippen LogP contribution is 2.36. The SMILES string of the molecule is CCOc1cccc2c1OCC(C(=O)Nc1cc(S(=O)(=O)N(C)C)cc(C)c1C)=C2. The van der Waals surface area contributed by atoms with Gasteiger partial charge < -0.3 is 14.8 Å². The van der Waals surface area contributed by atoms with E-state index < -0.39 is 10.0 Å². The molecule has 2 aromatic rings. The number of carbonyl (C=O) groups excluding carboxylic acids is 1. The number of nitrogens with zero attached hydrogens (tertiary/aromatic N) is 1. The van der Waals surface area contributed by atoms with Crippen LogP contribution in [-0.2, 0) is 14.8 Å². The van der Waals surface area contributed by atoms with Crippen LogP contribution in [-0.4, -0.2) is 45.9 Å². The Morgan fingerprint density at radius 2 is 1.97 bits per heavy atom. The van der Waals surface area contributed by atoms with Gasteiger partial charge in [-0.15, -0.1) is 0 Å². The molecule has 0 fully saturated rings. The minimum Gasteiger partial charge on any atom is -0.490 e. The summed E-state index contributed by atoms with van der Waals surface area (Å²) in [5.41, 5.74) is 3.23. The summed E-state index contributed by atoms with van der Waals surface area (Å²) in [6.45, 7) is 6.16. The number of fused-ring (bicyclic) bond motifs is 1. The smallest absolute Gasteiger partial charge is 0.255 e. The van der Waals surface area contributed by atoms with Crippen molar-refractivity contribution in [3.63, 3.8) is 0 Å². The van der Waals surface area contributed by atoms with Gasteiger partial charge in [0.1, 0.15) is 6.61 Å². The van der Waals surface area contributed by atoms with E-state index >= 15 is 0 Å². The van der Waals surface area contributed by atoms with E-state index in [4.69, 9.17) is 9.47 Å². The van der Waals surface area contributed by atoms with Gasteiger partial charge in [-0.3, -0.25) is 4.79 Å². The summed E-state index contributed by atoms with van der Waals surface area (Å²) in [5, 5.41) is 2.84. The molecule has 1 heterocycles. The summed E-state index contributed by atoms with van der Waals surface area (Å²) in [7, 11) is -0.674. The molecule has 0 aromatic heterocycles. The van der Waals surface area contributed by atoms with Crippen LogP contribution in [0.2, 0.25) is 0 Å². The third kappa shape index (κ3) is 4.20. The number of carbonyl (C=O) groups is 1. The topological polar surface area (TPSA) is 84.9 Å². The number of hydrogen-bond donors (Lipinski definition) is 1. The monoisotopic (exact) mass is 430 g/mol. The number of amides is 1. The molecule has 0 saturated carbocycles. The van der Waals surface area contributed by atoms with Gasteiger partial charge in [-0.25, -0.2) is 12.7 Å². The Morgan fingerprint density at radius 1 is 1.23 bits per heavy atom. The van der Waals surface area contributed by atoms with Crippen molar-refractivity contribution < 1.29 is 22.7 Å². The van der Waals surface area contributed by atoms with Crippen LogP contribution >= 0.6 is 0 Å². The van der Waals surface area contributed by atoms with E-state index in [2.05, 4.69) is 5.32 Å². The Kier molecular flexibility index (Phi) is 6.19. The van der Waals surface area contributed by atoms with E-state index in [1.165, 1.54) is 20.2 Å². The number of rotatable bonds is 6. The Morgan fingerprint density at radius 3 is 2.63 bits per heavy atom. The summed E-state index contributed by atoms with van der Waals surface area (Å²) < 4.78 is 37.6. The molecule has 0 spiro atoms. The Balaban J connectivity index is 1.92. The fourth-order valence-electron chi connectivity index (χ4n) is 3.10. The number of nitrogens with one attached hydrogen (secondary N) is 1. The Hall–Kier alpha value is -2.84. The number of benzene rings is 2. The van der Waals surface area contributed by atoms with E-state index in [1.807, 2.05) is 39.0 Å². The van der Waals surface area contributed by atoms with Gasteiger partial charge in [-0.1, -0.05) is 12.1 Å². The largest absolute Gasteiger partial charge is 0.490 e. The van der Waals surface area contributed by atoms with Crippen LogP contribution in [0.5, 0.6) is 11.5 Å². The highest BCUT2D eigenvalue weighted by Gasteiger charge is 2.23. The number of aryl methyl sites for hydroxylation is 1. The predicted octanol–water partition coefficient (Wildman–Crippen LogP) is 3.37. The molecule has 160 valence electrons. The molecule has 0 aliphatic carbocycles. The maximum Gasteiger partial charge on any atom is 0.255 e. The van der Waals surface area contributed by atoms with Crippen LogP contribution in [0.1, 0.15) is 23.6 Å². The molecule has 7 nitrogen and oxygen atoms in total. The third-order valence-electron chi connectivity index (χ3n) is 4.97. The zero-order chi connectivity index (χ0) is 22.1. The lowest BCUT2D eigenvalue weighted by molar-refractivity contribution is -0.113. The minimum absolute atomic E-state index is 0.0939. The number of para-hydroxylation sites is 1. The fraction of sp³-hybridized carbons (Fsp3) is 0.318. The summed E-state index contributed by atoms with van der Waals surface area (Å²) >= 11 is 0. The van der Waals surface area contributed by atoms with Crippen LogP contribution in [0.15, 0.2) is 40.8 Å². The van der Waals surface area contributed by atoms with E-state index in [9.17, 15) is 13.2 Å². The van der Waals surface area contributed by atoms with Crippen LogP contribution < -0.4 is 14.8 Å². The molecular formula is C22H26N2O5S. The fourth-order valence-corrected chi connectivity index (χ4v) is 4.11. The molecule has 8 heteroatoms. The van der Waals surface area contributed by atoms with Crippen molar-refractivity contribution in [2.45, 2.75) is 25.7 Å². The molecule has 1 amide bonds. The maximum atomic E-state index is 12.9. The standard InChI is InChI=1S/C22H26N2O5S/c1-6-28-20-9-7-8-16-11-17(13-29-21(16)20)22(25)23-19-12-18(10-14(2)15(19)3)30(26,27)24(4)5/h7-12H,6,13H2,1-5H3,(H,23,25). The highest BCUT2D eigenvalue weighted by atomic mass is 32.2. The molecule has 30 heavy (non-hydrogen) atoms. The van der Waals surface area contributed by atoms with Crippen molar-refractivity contribution >= 4 is 27.7 Å². The first-order valence-electron chi connectivity index (χ1n) is 9.59. The van der Waals surface area contributed by atoms with Crippen LogP contribution in [0, 0.1) is 13.8 Å². The molecule has 1 N–H and O–H groups in total. The van der Waals surface area contributed by atoms with Crippen LogP contribution in [0.4, 0.5) is 5.69 Å². The molecule has 0 saturated heterocycles. The van der Waals surface area contributed by atoms with E-state index in [0.29, 0.717) is 29.4 Å². The van der Waals surface area contributed by atoms with Gasteiger partial charge in [0, 0.05) is 25.3 Å². The molecule has 1 aliphatic heterocycles. The van der Waals surface area contributed by atoms with Gasteiger partial charge in [-0.2, -0.15) is 0 Å². The maximum absolute atomic E-state index is 12.9. The lowest BCUT2D eigenvalue weighted by Crippen LogP contribution is -2.24. The molecular weight excluding hydrogens is 404 g/mol. The lowest BCUT2D eigenvalue weighted by atomic mass is 10.1.